The van der Waals surface area contributed by atoms with Crippen LogP contribution in [0.5, 0.6) is 0 Å². The first kappa shape index (κ1) is 14.3. The zero-order chi connectivity index (χ0) is 11.8. The second kappa shape index (κ2) is 8.37. The van der Waals surface area contributed by atoms with E-state index in [0.717, 1.165) is 6.04 Å². The lowest BCUT2D eigenvalue weighted by Gasteiger charge is -2.25. The van der Waals surface area contributed by atoms with E-state index >= 15 is 0 Å². The van der Waals surface area contributed by atoms with Crippen LogP contribution < -0.4 is 5.32 Å². The van der Waals surface area contributed by atoms with Crippen LogP contribution in [0.3, 0.4) is 0 Å². The summed E-state index contributed by atoms with van der Waals surface area (Å²) >= 11 is 2.07. The molecule has 1 unspecified atom stereocenters. The number of thioether (sulfide) groups is 1. The third-order valence-electron chi connectivity index (χ3n) is 3.20. The lowest BCUT2D eigenvalue weighted by molar-refractivity contribution is 0.245. The van der Waals surface area contributed by atoms with E-state index in [1.807, 2.05) is 0 Å². The highest BCUT2D eigenvalue weighted by molar-refractivity contribution is 7.99. The molecule has 96 valence electrons. The van der Waals surface area contributed by atoms with Gasteiger partial charge >= 0.3 is 0 Å². The van der Waals surface area contributed by atoms with Crippen molar-refractivity contribution in [3.05, 3.63) is 0 Å². The van der Waals surface area contributed by atoms with Crippen LogP contribution in [0, 0.1) is 0 Å². The molecule has 0 aromatic rings. The van der Waals surface area contributed by atoms with E-state index in [-0.39, 0.29) is 0 Å². The highest BCUT2D eigenvalue weighted by atomic mass is 32.2. The number of likely N-dealkylation sites (tertiary alicyclic amines) is 1. The van der Waals surface area contributed by atoms with Gasteiger partial charge in [-0.15, -0.1) is 0 Å². The van der Waals surface area contributed by atoms with Gasteiger partial charge in [-0.25, -0.2) is 0 Å². The molecule has 0 amide bonds. The number of hydrogen-bond acceptors (Lipinski definition) is 3. The lowest BCUT2D eigenvalue weighted by Crippen LogP contribution is -2.40. The van der Waals surface area contributed by atoms with Crippen LogP contribution in [0.1, 0.15) is 40.0 Å². The van der Waals surface area contributed by atoms with Crippen molar-refractivity contribution in [1.82, 2.24) is 10.2 Å². The predicted molar refractivity (Wildman–Crippen MR) is 75.3 cm³/mol. The molecular weight excluding hydrogens is 216 g/mol. The van der Waals surface area contributed by atoms with Crippen LogP contribution in [0.15, 0.2) is 0 Å². The molecule has 0 aromatic carbocycles. The Labute approximate surface area is 106 Å². The summed E-state index contributed by atoms with van der Waals surface area (Å²) in [6, 6.07) is 1.42. The van der Waals surface area contributed by atoms with E-state index in [1.165, 1.54) is 50.4 Å². The molecule has 0 bridgehead atoms. The Morgan fingerprint density at radius 1 is 1.44 bits per heavy atom. The SMILES string of the molecule is CCSCCCN1CCCC1CNC(C)C. The minimum atomic E-state index is 0.623. The van der Waals surface area contributed by atoms with Gasteiger partial charge < -0.3 is 5.32 Å². The Balaban J connectivity index is 2.13. The molecule has 1 N–H and O–H groups in total. The highest BCUT2D eigenvalue weighted by Crippen LogP contribution is 2.17. The normalized spacial score (nSPS) is 22.1. The van der Waals surface area contributed by atoms with Gasteiger partial charge in [0, 0.05) is 18.6 Å². The van der Waals surface area contributed by atoms with Gasteiger partial charge in [-0.2, -0.15) is 11.8 Å². The largest absolute Gasteiger partial charge is 0.313 e. The molecule has 1 fully saturated rings. The lowest BCUT2D eigenvalue weighted by atomic mass is 10.2. The fraction of sp³-hybridized carbons (Fsp3) is 1.00. The topological polar surface area (TPSA) is 15.3 Å². The number of rotatable bonds is 8. The Hall–Kier alpha value is 0.270. The van der Waals surface area contributed by atoms with Crippen LogP contribution in [0.2, 0.25) is 0 Å². The fourth-order valence-corrected chi connectivity index (χ4v) is 2.93. The van der Waals surface area contributed by atoms with Crippen LogP contribution in [-0.2, 0) is 0 Å². The minimum Gasteiger partial charge on any atom is -0.313 e. The number of hydrogen-bond donors (Lipinski definition) is 1. The van der Waals surface area contributed by atoms with Crippen LogP contribution in [0.4, 0.5) is 0 Å². The molecule has 0 aromatic heterocycles. The fourth-order valence-electron chi connectivity index (χ4n) is 2.31. The molecule has 1 aliphatic rings. The van der Waals surface area contributed by atoms with Crippen molar-refractivity contribution in [2.45, 2.75) is 52.1 Å². The van der Waals surface area contributed by atoms with Crippen molar-refractivity contribution in [3.63, 3.8) is 0 Å². The molecular formula is C13H28N2S. The second-order valence-electron chi connectivity index (χ2n) is 4.95. The molecule has 0 spiro atoms. The molecule has 0 aliphatic carbocycles. The van der Waals surface area contributed by atoms with Crippen molar-refractivity contribution < 1.29 is 0 Å². The average molecular weight is 244 g/mol. The van der Waals surface area contributed by atoms with Gasteiger partial charge in [-0.05, 0) is 43.9 Å². The van der Waals surface area contributed by atoms with E-state index in [9.17, 15) is 0 Å². The Kier molecular flexibility index (Phi) is 7.50. The summed E-state index contributed by atoms with van der Waals surface area (Å²) in [7, 11) is 0. The average Bonchev–Trinajstić information content (AvgIpc) is 2.69. The summed E-state index contributed by atoms with van der Waals surface area (Å²) in [5.41, 5.74) is 0. The smallest absolute Gasteiger partial charge is 0.0221 e. The van der Waals surface area contributed by atoms with Crippen LogP contribution in [-0.4, -0.2) is 48.1 Å². The molecule has 16 heavy (non-hydrogen) atoms. The van der Waals surface area contributed by atoms with Gasteiger partial charge in [0.25, 0.3) is 0 Å². The minimum absolute atomic E-state index is 0.623. The highest BCUT2D eigenvalue weighted by Gasteiger charge is 2.23. The molecule has 1 heterocycles. The van der Waals surface area contributed by atoms with Crippen molar-refractivity contribution >= 4 is 11.8 Å². The molecule has 2 nitrogen and oxygen atoms in total. The monoisotopic (exact) mass is 244 g/mol. The van der Waals surface area contributed by atoms with Gasteiger partial charge in [0.15, 0.2) is 0 Å². The predicted octanol–water partition coefficient (Wildman–Crippen LogP) is 2.59. The summed E-state index contributed by atoms with van der Waals surface area (Å²) in [6.07, 6.45) is 4.14. The second-order valence-corrected chi connectivity index (χ2v) is 6.34. The third-order valence-corrected chi connectivity index (χ3v) is 4.18. The maximum Gasteiger partial charge on any atom is 0.0221 e. The maximum atomic E-state index is 3.57. The molecule has 1 rings (SSSR count). The van der Waals surface area contributed by atoms with E-state index in [0.29, 0.717) is 6.04 Å². The van der Waals surface area contributed by atoms with Crippen molar-refractivity contribution in [2.24, 2.45) is 0 Å². The van der Waals surface area contributed by atoms with Crippen molar-refractivity contribution in [2.75, 3.05) is 31.1 Å². The van der Waals surface area contributed by atoms with Gasteiger partial charge in [0.05, 0.1) is 0 Å². The maximum absolute atomic E-state index is 3.57. The zero-order valence-corrected chi connectivity index (χ0v) is 12.0. The van der Waals surface area contributed by atoms with Gasteiger partial charge in [0.1, 0.15) is 0 Å². The van der Waals surface area contributed by atoms with E-state index in [4.69, 9.17) is 0 Å². The molecule has 1 aliphatic heterocycles. The Morgan fingerprint density at radius 3 is 2.94 bits per heavy atom. The molecule has 3 heteroatoms. The molecule has 1 atom stereocenters. The molecule has 0 radical (unpaired) electrons. The summed E-state index contributed by atoms with van der Waals surface area (Å²) in [6.45, 7) is 10.5. The summed E-state index contributed by atoms with van der Waals surface area (Å²) in [4.78, 5) is 2.69. The van der Waals surface area contributed by atoms with E-state index in [1.54, 1.807) is 0 Å². The van der Waals surface area contributed by atoms with Gasteiger partial charge in [-0.3, -0.25) is 4.90 Å². The first-order chi connectivity index (χ1) is 7.74. The van der Waals surface area contributed by atoms with Gasteiger partial charge in [0.2, 0.25) is 0 Å². The number of nitrogens with zero attached hydrogens (tertiary/aromatic N) is 1. The Morgan fingerprint density at radius 2 is 2.25 bits per heavy atom. The van der Waals surface area contributed by atoms with E-state index < -0.39 is 0 Å². The first-order valence-corrected chi connectivity index (χ1v) is 7.94. The summed E-state index contributed by atoms with van der Waals surface area (Å²) in [5, 5.41) is 3.57. The van der Waals surface area contributed by atoms with Gasteiger partial charge in [-0.1, -0.05) is 20.8 Å². The Bertz CT molecular complexity index is 173. The quantitative estimate of drug-likeness (QED) is 0.661. The zero-order valence-electron chi connectivity index (χ0n) is 11.2. The molecule has 0 saturated carbocycles. The third kappa shape index (κ3) is 5.55. The van der Waals surface area contributed by atoms with E-state index in [2.05, 4.69) is 42.7 Å². The molecule has 1 saturated heterocycles. The van der Waals surface area contributed by atoms with Crippen LogP contribution >= 0.6 is 11.8 Å². The summed E-state index contributed by atoms with van der Waals surface area (Å²) in [5.74, 6) is 2.59. The van der Waals surface area contributed by atoms with Crippen molar-refractivity contribution in [1.29, 1.82) is 0 Å². The van der Waals surface area contributed by atoms with Crippen LogP contribution in [0.25, 0.3) is 0 Å². The number of nitrogens with one attached hydrogen (secondary N) is 1. The standard InChI is InChI=1S/C13H28N2S/c1-4-16-10-6-9-15-8-5-7-13(15)11-14-12(2)3/h12-14H,4-11H2,1-3H3. The summed E-state index contributed by atoms with van der Waals surface area (Å²) < 4.78 is 0. The first-order valence-electron chi connectivity index (χ1n) is 6.79. The van der Waals surface area contributed by atoms with Crippen molar-refractivity contribution in [3.8, 4) is 0 Å².